The molecule has 50 valence electrons. The molecule has 0 amide bonds. The van der Waals surface area contributed by atoms with Gasteiger partial charge in [-0.1, -0.05) is 0 Å². The van der Waals surface area contributed by atoms with E-state index in [1.54, 1.807) is 0 Å². The molecular formula is C8H14N+. The van der Waals surface area contributed by atoms with Crippen molar-refractivity contribution >= 4 is 0 Å². The van der Waals surface area contributed by atoms with Crippen LogP contribution in [0.1, 0.15) is 19.8 Å². The fourth-order valence-electron chi connectivity index (χ4n) is 1.73. The maximum absolute atomic E-state index is 2.37. The third-order valence-electron chi connectivity index (χ3n) is 2.71. The summed E-state index contributed by atoms with van der Waals surface area (Å²) in [4.78, 5) is 0. The fraction of sp³-hybridized carbons (Fsp3) is 0.750. The molecule has 1 heterocycles. The van der Waals surface area contributed by atoms with E-state index in [0.717, 1.165) is 6.04 Å². The average molecular weight is 124 g/mol. The first kappa shape index (κ1) is 5.48. The van der Waals surface area contributed by atoms with Gasteiger partial charge in [0.1, 0.15) is 6.54 Å². The van der Waals surface area contributed by atoms with Gasteiger partial charge in [0.25, 0.3) is 0 Å². The average Bonchev–Trinajstić information content (AvgIpc) is 2.47. The van der Waals surface area contributed by atoms with E-state index in [1.807, 2.05) is 0 Å². The van der Waals surface area contributed by atoms with Crippen molar-refractivity contribution in [1.29, 1.82) is 0 Å². The Morgan fingerprint density at radius 2 is 2.22 bits per heavy atom. The van der Waals surface area contributed by atoms with Crippen LogP contribution < -0.4 is 0 Å². The lowest BCUT2D eigenvalue weighted by molar-refractivity contribution is -0.899. The summed E-state index contributed by atoms with van der Waals surface area (Å²) >= 11 is 0. The van der Waals surface area contributed by atoms with Crippen molar-refractivity contribution in [2.75, 3.05) is 13.1 Å². The van der Waals surface area contributed by atoms with Gasteiger partial charge in [0.15, 0.2) is 0 Å². The third kappa shape index (κ3) is 0.645. The van der Waals surface area contributed by atoms with Crippen LogP contribution in [0.2, 0.25) is 0 Å². The minimum atomic E-state index is 1.01. The number of hydrogen-bond donors (Lipinski definition) is 0. The highest BCUT2D eigenvalue weighted by atomic mass is 15.4. The summed E-state index contributed by atoms with van der Waals surface area (Å²) in [6, 6.07) is 1.01. The van der Waals surface area contributed by atoms with Crippen LogP contribution in [0.15, 0.2) is 12.3 Å². The van der Waals surface area contributed by atoms with E-state index in [2.05, 4.69) is 19.2 Å². The van der Waals surface area contributed by atoms with Gasteiger partial charge in [-0.2, -0.15) is 0 Å². The van der Waals surface area contributed by atoms with Crippen molar-refractivity contribution in [1.82, 2.24) is 0 Å². The molecule has 9 heavy (non-hydrogen) atoms. The van der Waals surface area contributed by atoms with Gasteiger partial charge in [-0.05, 0) is 6.92 Å². The highest BCUT2D eigenvalue weighted by Crippen LogP contribution is 2.37. The van der Waals surface area contributed by atoms with Crippen LogP contribution in [0.5, 0.6) is 0 Å². The standard InChI is InChI=1S/C8H14N/c1-2-9(6-3-7-9)8-4-5-8/h3,6,8H,2,4-5,7H2,1H3/q+1. The molecule has 0 radical (unpaired) electrons. The van der Waals surface area contributed by atoms with Crippen LogP contribution in [0.4, 0.5) is 0 Å². The molecule has 1 unspecified atom stereocenters. The number of hydrogen-bond acceptors (Lipinski definition) is 0. The second kappa shape index (κ2) is 1.60. The Kier molecular flexibility index (Phi) is 0.974. The zero-order chi connectivity index (χ0) is 6.32. The third-order valence-corrected chi connectivity index (χ3v) is 2.71. The van der Waals surface area contributed by atoms with Crippen LogP contribution in [0.3, 0.4) is 0 Å². The molecule has 0 aromatic carbocycles. The molecule has 1 nitrogen and oxygen atoms in total. The summed E-state index contributed by atoms with van der Waals surface area (Å²) < 4.78 is 1.31. The van der Waals surface area contributed by atoms with Gasteiger partial charge in [-0.25, -0.2) is 0 Å². The van der Waals surface area contributed by atoms with Crippen LogP contribution in [-0.4, -0.2) is 23.6 Å². The van der Waals surface area contributed by atoms with Gasteiger partial charge in [-0.3, -0.25) is 4.48 Å². The zero-order valence-electron chi connectivity index (χ0n) is 6.01. The molecule has 0 saturated heterocycles. The lowest BCUT2D eigenvalue weighted by atomic mass is 10.2. The Morgan fingerprint density at radius 1 is 1.56 bits per heavy atom. The Bertz CT molecular complexity index is 147. The molecule has 1 fully saturated rings. The predicted molar refractivity (Wildman–Crippen MR) is 37.8 cm³/mol. The SMILES string of the molecule is CC[N+]1(C2CC2)C=CC1. The maximum atomic E-state index is 2.37. The molecular weight excluding hydrogens is 110 g/mol. The van der Waals surface area contributed by atoms with Gasteiger partial charge in [0, 0.05) is 18.9 Å². The highest BCUT2D eigenvalue weighted by Gasteiger charge is 2.44. The minimum Gasteiger partial charge on any atom is -0.292 e. The molecule has 2 rings (SSSR count). The molecule has 1 saturated carbocycles. The summed E-state index contributed by atoms with van der Waals surface area (Å²) in [5.41, 5.74) is 0. The molecule has 1 aliphatic heterocycles. The lowest BCUT2D eigenvalue weighted by Crippen LogP contribution is -2.49. The maximum Gasteiger partial charge on any atom is 0.107 e. The van der Waals surface area contributed by atoms with E-state index >= 15 is 0 Å². The molecule has 2 aliphatic rings. The monoisotopic (exact) mass is 124 g/mol. The summed E-state index contributed by atoms with van der Waals surface area (Å²) in [6.07, 6.45) is 7.61. The number of nitrogens with zero attached hydrogens (tertiary/aromatic N) is 1. The molecule has 0 bridgehead atoms. The Balaban J connectivity index is 2.09. The first-order chi connectivity index (χ1) is 4.37. The Labute approximate surface area is 56.6 Å². The molecule has 0 spiro atoms. The van der Waals surface area contributed by atoms with Crippen molar-refractivity contribution in [3.05, 3.63) is 12.3 Å². The summed E-state index contributed by atoms with van der Waals surface area (Å²) in [5.74, 6) is 0. The summed E-state index contributed by atoms with van der Waals surface area (Å²) in [5, 5.41) is 0. The summed E-state index contributed by atoms with van der Waals surface area (Å²) in [6.45, 7) is 4.91. The van der Waals surface area contributed by atoms with Gasteiger partial charge in [0.2, 0.25) is 0 Å². The second-order valence-corrected chi connectivity index (χ2v) is 3.22. The number of likely N-dealkylation sites (N-methyl/N-ethyl adjacent to an activating group) is 1. The van der Waals surface area contributed by atoms with Crippen molar-refractivity contribution in [3.8, 4) is 0 Å². The van der Waals surface area contributed by atoms with Crippen LogP contribution in [0.25, 0.3) is 0 Å². The zero-order valence-corrected chi connectivity index (χ0v) is 6.01. The van der Waals surface area contributed by atoms with E-state index in [1.165, 1.54) is 30.4 Å². The second-order valence-electron chi connectivity index (χ2n) is 3.22. The largest absolute Gasteiger partial charge is 0.292 e. The predicted octanol–water partition coefficient (Wildman–Crippen LogP) is 1.51. The quantitative estimate of drug-likeness (QED) is 0.489. The van der Waals surface area contributed by atoms with Crippen molar-refractivity contribution in [3.63, 3.8) is 0 Å². The normalized spacial score (nSPS) is 40.6. The smallest absolute Gasteiger partial charge is 0.107 e. The molecule has 0 N–H and O–H groups in total. The summed E-state index contributed by atoms with van der Waals surface area (Å²) in [7, 11) is 0. The van der Waals surface area contributed by atoms with Crippen LogP contribution >= 0.6 is 0 Å². The molecule has 1 aliphatic carbocycles. The van der Waals surface area contributed by atoms with Gasteiger partial charge in [-0.15, -0.1) is 0 Å². The Hall–Kier alpha value is -0.300. The van der Waals surface area contributed by atoms with Gasteiger partial charge < -0.3 is 0 Å². The van der Waals surface area contributed by atoms with Gasteiger partial charge >= 0.3 is 0 Å². The van der Waals surface area contributed by atoms with E-state index in [0.29, 0.717) is 0 Å². The topological polar surface area (TPSA) is 0 Å². The minimum absolute atomic E-state index is 1.01. The fourth-order valence-corrected chi connectivity index (χ4v) is 1.73. The van der Waals surface area contributed by atoms with E-state index < -0.39 is 0 Å². The van der Waals surface area contributed by atoms with E-state index in [-0.39, 0.29) is 0 Å². The highest BCUT2D eigenvalue weighted by molar-refractivity contribution is 4.92. The van der Waals surface area contributed by atoms with Crippen LogP contribution in [0, 0.1) is 0 Å². The van der Waals surface area contributed by atoms with Crippen LogP contribution in [-0.2, 0) is 0 Å². The van der Waals surface area contributed by atoms with E-state index in [4.69, 9.17) is 0 Å². The Morgan fingerprint density at radius 3 is 2.33 bits per heavy atom. The molecule has 0 aromatic heterocycles. The van der Waals surface area contributed by atoms with Crippen molar-refractivity contribution in [2.45, 2.75) is 25.8 Å². The van der Waals surface area contributed by atoms with Crippen molar-refractivity contribution < 1.29 is 4.48 Å². The van der Waals surface area contributed by atoms with Crippen molar-refractivity contribution in [2.24, 2.45) is 0 Å². The first-order valence-corrected chi connectivity index (χ1v) is 3.91. The molecule has 1 heteroatoms. The molecule has 0 aromatic rings. The number of quaternary nitrogens is 1. The lowest BCUT2D eigenvalue weighted by Gasteiger charge is -2.38. The van der Waals surface area contributed by atoms with Gasteiger partial charge in [0.05, 0.1) is 18.8 Å². The van der Waals surface area contributed by atoms with E-state index in [9.17, 15) is 0 Å². The number of rotatable bonds is 2. The first-order valence-electron chi connectivity index (χ1n) is 3.91. The molecule has 1 atom stereocenters.